The number of hydrogen-bond donors (Lipinski definition) is 1. The molecule has 6 heteroatoms. The molecule has 3 rings (SSSR count). The molecular weight excluding hydrogens is 335 g/mol. The van der Waals surface area contributed by atoms with E-state index in [9.17, 15) is 9.18 Å². The van der Waals surface area contributed by atoms with Gasteiger partial charge in [-0.05, 0) is 54.8 Å². The molecule has 1 fully saturated rings. The summed E-state index contributed by atoms with van der Waals surface area (Å²) in [5, 5.41) is 0. The Morgan fingerprint density at radius 2 is 2.12 bits per heavy atom. The van der Waals surface area contributed by atoms with Crippen LogP contribution in [0.25, 0.3) is 0 Å². The highest BCUT2D eigenvalue weighted by Gasteiger charge is 2.26. The number of carbonyl (C=O) groups is 1. The fourth-order valence-electron chi connectivity index (χ4n) is 3.42. The van der Waals surface area contributed by atoms with Crippen LogP contribution in [-0.2, 0) is 11.3 Å². The largest absolute Gasteiger partial charge is 0.493 e. The van der Waals surface area contributed by atoms with Crippen molar-refractivity contribution in [2.75, 3.05) is 20.3 Å². The van der Waals surface area contributed by atoms with Crippen LogP contribution in [0.5, 0.6) is 11.5 Å². The monoisotopic (exact) mass is 358 g/mol. The van der Waals surface area contributed by atoms with Gasteiger partial charge in [0.25, 0.3) is 5.91 Å². The third-order valence-corrected chi connectivity index (χ3v) is 4.58. The summed E-state index contributed by atoms with van der Waals surface area (Å²) in [6.07, 6.45) is 2.10. The van der Waals surface area contributed by atoms with E-state index in [-0.39, 0.29) is 18.5 Å². The number of ether oxygens (including phenoxy) is 2. The van der Waals surface area contributed by atoms with Gasteiger partial charge in [0, 0.05) is 12.6 Å². The van der Waals surface area contributed by atoms with Crippen LogP contribution in [0.4, 0.5) is 4.39 Å². The van der Waals surface area contributed by atoms with E-state index in [0.717, 1.165) is 37.1 Å². The molecule has 1 unspecified atom stereocenters. The Morgan fingerprint density at radius 1 is 1.27 bits per heavy atom. The summed E-state index contributed by atoms with van der Waals surface area (Å²) < 4.78 is 24.3. The molecule has 1 atom stereocenters. The predicted octanol–water partition coefficient (Wildman–Crippen LogP) is 3.04. The van der Waals surface area contributed by atoms with Crippen molar-refractivity contribution in [1.29, 1.82) is 0 Å². The number of nitrogens with two attached hydrogens (primary N) is 1. The van der Waals surface area contributed by atoms with E-state index in [1.165, 1.54) is 6.07 Å². The molecule has 0 spiro atoms. The summed E-state index contributed by atoms with van der Waals surface area (Å²) in [5.74, 6) is 0.307. The van der Waals surface area contributed by atoms with Gasteiger partial charge in [-0.15, -0.1) is 0 Å². The molecule has 0 saturated carbocycles. The Labute approximate surface area is 152 Å². The minimum absolute atomic E-state index is 0.191. The van der Waals surface area contributed by atoms with Gasteiger partial charge in [-0.3, -0.25) is 9.69 Å². The van der Waals surface area contributed by atoms with Crippen LogP contribution in [0.15, 0.2) is 42.5 Å². The maximum Gasteiger partial charge on any atom is 0.255 e. The second-order valence-electron chi connectivity index (χ2n) is 6.42. The molecule has 2 aromatic rings. The van der Waals surface area contributed by atoms with Crippen LogP contribution in [0.2, 0.25) is 0 Å². The molecule has 2 N–H and O–H groups in total. The number of hydrogen-bond acceptors (Lipinski definition) is 4. The Bertz CT molecular complexity index is 781. The minimum atomic E-state index is -0.536. The molecule has 0 radical (unpaired) electrons. The second-order valence-corrected chi connectivity index (χ2v) is 6.42. The van der Waals surface area contributed by atoms with E-state index in [1.807, 2.05) is 18.2 Å². The Hall–Kier alpha value is -2.60. The quantitative estimate of drug-likeness (QED) is 0.826. The first-order chi connectivity index (χ1) is 12.6. The SMILES string of the molecule is COc1cc(CN2CCCC2c2cccc(F)c2)ccc1OCC(N)=O. The Morgan fingerprint density at radius 3 is 2.85 bits per heavy atom. The van der Waals surface area contributed by atoms with E-state index in [2.05, 4.69) is 4.90 Å². The number of methoxy groups -OCH3 is 1. The predicted molar refractivity (Wildman–Crippen MR) is 96.5 cm³/mol. The summed E-state index contributed by atoms with van der Waals surface area (Å²) in [7, 11) is 1.56. The second kappa shape index (κ2) is 8.19. The number of amides is 1. The van der Waals surface area contributed by atoms with E-state index in [1.54, 1.807) is 25.3 Å². The summed E-state index contributed by atoms with van der Waals surface area (Å²) >= 11 is 0. The zero-order chi connectivity index (χ0) is 18.5. The summed E-state index contributed by atoms with van der Waals surface area (Å²) in [4.78, 5) is 13.2. The number of rotatable bonds is 7. The van der Waals surface area contributed by atoms with Crippen LogP contribution >= 0.6 is 0 Å². The van der Waals surface area contributed by atoms with Gasteiger partial charge in [-0.2, -0.15) is 0 Å². The van der Waals surface area contributed by atoms with Gasteiger partial charge in [0.15, 0.2) is 18.1 Å². The molecule has 0 aromatic heterocycles. The van der Waals surface area contributed by atoms with Crippen LogP contribution < -0.4 is 15.2 Å². The normalized spacial score (nSPS) is 17.2. The van der Waals surface area contributed by atoms with Crippen LogP contribution in [-0.4, -0.2) is 31.1 Å². The number of halogens is 1. The zero-order valence-corrected chi connectivity index (χ0v) is 14.8. The van der Waals surface area contributed by atoms with Gasteiger partial charge < -0.3 is 15.2 Å². The first kappa shape index (κ1) is 18.2. The first-order valence-corrected chi connectivity index (χ1v) is 8.64. The van der Waals surface area contributed by atoms with Gasteiger partial charge in [-0.25, -0.2) is 4.39 Å². The van der Waals surface area contributed by atoms with E-state index in [4.69, 9.17) is 15.2 Å². The molecule has 1 saturated heterocycles. The van der Waals surface area contributed by atoms with Crippen molar-refractivity contribution in [3.63, 3.8) is 0 Å². The smallest absolute Gasteiger partial charge is 0.255 e. The lowest BCUT2D eigenvalue weighted by atomic mass is 10.0. The molecular formula is C20H23FN2O3. The molecule has 0 aliphatic carbocycles. The van der Waals surface area contributed by atoms with Crippen molar-refractivity contribution in [3.05, 3.63) is 59.4 Å². The maximum atomic E-state index is 13.6. The number of benzene rings is 2. The number of primary amides is 1. The highest BCUT2D eigenvalue weighted by molar-refractivity contribution is 5.75. The van der Waals surface area contributed by atoms with Crippen molar-refractivity contribution >= 4 is 5.91 Å². The summed E-state index contributed by atoms with van der Waals surface area (Å²) in [6, 6.07) is 12.7. The van der Waals surface area contributed by atoms with Crippen molar-refractivity contribution < 1.29 is 18.7 Å². The van der Waals surface area contributed by atoms with Crippen molar-refractivity contribution in [3.8, 4) is 11.5 Å². The van der Waals surface area contributed by atoms with Gasteiger partial charge in [0.2, 0.25) is 0 Å². The molecule has 1 heterocycles. The van der Waals surface area contributed by atoms with Gasteiger partial charge in [0.05, 0.1) is 7.11 Å². The van der Waals surface area contributed by atoms with Crippen molar-refractivity contribution in [2.45, 2.75) is 25.4 Å². The molecule has 5 nitrogen and oxygen atoms in total. The zero-order valence-electron chi connectivity index (χ0n) is 14.8. The van der Waals surface area contributed by atoms with E-state index in [0.29, 0.717) is 11.5 Å². The van der Waals surface area contributed by atoms with Crippen LogP contribution in [0, 0.1) is 5.82 Å². The van der Waals surface area contributed by atoms with Crippen LogP contribution in [0.1, 0.15) is 30.0 Å². The minimum Gasteiger partial charge on any atom is -0.493 e. The maximum absolute atomic E-state index is 13.6. The molecule has 1 amide bonds. The third-order valence-electron chi connectivity index (χ3n) is 4.58. The molecule has 2 aromatic carbocycles. The highest BCUT2D eigenvalue weighted by atomic mass is 19.1. The topological polar surface area (TPSA) is 64.8 Å². The van der Waals surface area contributed by atoms with Gasteiger partial charge in [-0.1, -0.05) is 18.2 Å². The number of carbonyl (C=O) groups excluding carboxylic acids is 1. The van der Waals surface area contributed by atoms with E-state index >= 15 is 0 Å². The third kappa shape index (κ3) is 4.32. The van der Waals surface area contributed by atoms with Crippen molar-refractivity contribution in [2.24, 2.45) is 5.73 Å². The standard InChI is InChI=1S/C20H23FN2O3/c1-25-19-10-14(7-8-18(19)26-13-20(22)24)12-23-9-3-6-17(23)15-4-2-5-16(21)11-15/h2,4-5,7-8,10-11,17H,3,6,9,12-13H2,1H3,(H2,22,24). The Kier molecular flexibility index (Phi) is 5.73. The first-order valence-electron chi connectivity index (χ1n) is 8.64. The van der Waals surface area contributed by atoms with Gasteiger partial charge in [0.1, 0.15) is 5.82 Å². The molecule has 26 heavy (non-hydrogen) atoms. The lowest BCUT2D eigenvalue weighted by Gasteiger charge is -2.25. The lowest BCUT2D eigenvalue weighted by Crippen LogP contribution is -2.23. The van der Waals surface area contributed by atoms with E-state index < -0.39 is 5.91 Å². The molecule has 1 aliphatic heterocycles. The van der Waals surface area contributed by atoms with Crippen molar-refractivity contribution in [1.82, 2.24) is 4.90 Å². The molecule has 138 valence electrons. The molecule has 0 bridgehead atoms. The number of likely N-dealkylation sites (tertiary alicyclic amines) is 1. The average molecular weight is 358 g/mol. The summed E-state index contributed by atoms with van der Waals surface area (Å²) in [6.45, 7) is 1.50. The molecule has 1 aliphatic rings. The van der Waals surface area contributed by atoms with Gasteiger partial charge >= 0.3 is 0 Å². The number of nitrogens with zero attached hydrogens (tertiary/aromatic N) is 1. The lowest BCUT2D eigenvalue weighted by molar-refractivity contribution is -0.119. The average Bonchev–Trinajstić information content (AvgIpc) is 3.08. The fraction of sp³-hybridized carbons (Fsp3) is 0.350. The highest BCUT2D eigenvalue weighted by Crippen LogP contribution is 2.35. The van der Waals surface area contributed by atoms with Crippen LogP contribution in [0.3, 0.4) is 0 Å². The fourth-order valence-corrected chi connectivity index (χ4v) is 3.42. The Balaban J connectivity index is 1.74. The summed E-state index contributed by atoms with van der Waals surface area (Å²) in [5.41, 5.74) is 7.19.